The number of hydrogen-bond donors (Lipinski definition) is 1. The number of nitrogens with one attached hydrogen (secondary N) is 1. The molecular formula is C25H33Cl2N3O4S. The topological polar surface area (TPSA) is 86.8 Å². The van der Waals surface area contributed by atoms with Crippen LogP contribution in [-0.4, -0.2) is 50.5 Å². The van der Waals surface area contributed by atoms with Crippen molar-refractivity contribution in [3.8, 4) is 0 Å². The maximum absolute atomic E-state index is 13.3. The van der Waals surface area contributed by atoms with E-state index in [1.54, 1.807) is 42.2 Å². The summed E-state index contributed by atoms with van der Waals surface area (Å²) in [5.41, 5.74) is 2.09. The normalized spacial score (nSPS) is 12.2. The largest absolute Gasteiger partial charge is 0.355 e. The number of hydrogen-bond acceptors (Lipinski definition) is 4. The molecule has 2 aromatic rings. The average Bonchev–Trinajstić information content (AvgIpc) is 2.79. The van der Waals surface area contributed by atoms with Crippen molar-refractivity contribution in [3.63, 3.8) is 0 Å². The third-order valence-electron chi connectivity index (χ3n) is 5.60. The van der Waals surface area contributed by atoms with E-state index in [0.717, 1.165) is 17.4 Å². The monoisotopic (exact) mass is 541 g/mol. The predicted octanol–water partition coefficient (Wildman–Crippen LogP) is 4.79. The van der Waals surface area contributed by atoms with Crippen molar-refractivity contribution >= 4 is 50.7 Å². The molecule has 10 heteroatoms. The van der Waals surface area contributed by atoms with Gasteiger partial charge in [-0.1, -0.05) is 48.3 Å². The van der Waals surface area contributed by atoms with Gasteiger partial charge in [-0.2, -0.15) is 0 Å². The van der Waals surface area contributed by atoms with Crippen LogP contribution in [0.1, 0.15) is 44.2 Å². The van der Waals surface area contributed by atoms with Crippen molar-refractivity contribution in [2.45, 2.75) is 52.6 Å². The number of aryl methyl sites for hydroxylation is 1. The van der Waals surface area contributed by atoms with Crippen molar-refractivity contribution in [2.75, 3.05) is 23.7 Å². The fourth-order valence-corrected chi connectivity index (χ4v) is 5.14. The number of amides is 2. The number of sulfonamides is 1. The van der Waals surface area contributed by atoms with Crippen LogP contribution in [0.3, 0.4) is 0 Å². The lowest BCUT2D eigenvalue weighted by Gasteiger charge is -2.31. The van der Waals surface area contributed by atoms with Gasteiger partial charge in [0.1, 0.15) is 6.04 Å². The summed E-state index contributed by atoms with van der Waals surface area (Å²) in [6, 6.07) is 11.5. The van der Waals surface area contributed by atoms with Crippen LogP contribution in [0.4, 0.5) is 5.69 Å². The van der Waals surface area contributed by atoms with Gasteiger partial charge in [-0.3, -0.25) is 13.9 Å². The first-order chi connectivity index (χ1) is 16.5. The fourth-order valence-electron chi connectivity index (χ4n) is 3.83. The Morgan fingerprint density at radius 3 is 2.23 bits per heavy atom. The van der Waals surface area contributed by atoms with Crippen molar-refractivity contribution in [1.29, 1.82) is 0 Å². The highest BCUT2D eigenvalue weighted by atomic mass is 35.5. The van der Waals surface area contributed by atoms with Crippen LogP contribution < -0.4 is 9.62 Å². The molecule has 0 saturated heterocycles. The molecule has 2 rings (SSSR count). The summed E-state index contributed by atoms with van der Waals surface area (Å²) in [6.45, 7) is 6.30. The maximum atomic E-state index is 13.3. The first kappa shape index (κ1) is 28.9. The molecule has 1 unspecified atom stereocenters. The molecule has 0 radical (unpaired) electrons. The van der Waals surface area contributed by atoms with E-state index in [1.807, 2.05) is 26.0 Å². The molecule has 0 aromatic heterocycles. The molecule has 35 heavy (non-hydrogen) atoms. The van der Waals surface area contributed by atoms with Crippen LogP contribution in [-0.2, 0) is 26.2 Å². The van der Waals surface area contributed by atoms with Crippen molar-refractivity contribution in [2.24, 2.45) is 0 Å². The number of carbonyl (C=O) groups excluding carboxylic acids is 2. The molecule has 7 nitrogen and oxygen atoms in total. The van der Waals surface area contributed by atoms with Gasteiger partial charge in [0.25, 0.3) is 0 Å². The summed E-state index contributed by atoms with van der Waals surface area (Å²) in [6.07, 6.45) is 1.93. The minimum atomic E-state index is -3.60. The molecule has 2 aromatic carbocycles. The van der Waals surface area contributed by atoms with E-state index in [9.17, 15) is 18.0 Å². The zero-order chi connectivity index (χ0) is 26.2. The first-order valence-corrected chi connectivity index (χ1v) is 14.1. The number of likely N-dealkylation sites (N-methyl/N-ethyl adjacent to an activating group) is 1. The lowest BCUT2D eigenvalue weighted by molar-refractivity contribution is -0.141. The third-order valence-corrected chi connectivity index (χ3v) is 7.26. The number of benzene rings is 2. The highest BCUT2D eigenvalue weighted by molar-refractivity contribution is 7.92. The number of nitrogens with zero attached hydrogens (tertiary/aromatic N) is 2. The van der Waals surface area contributed by atoms with Gasteiger partial charge in [0.05, 0.1) is 11.9 Å². The number of rotatable bonds is 12. The summed E-state index contributed by atoms with van der Waals surface area (Å²) in [7, 11) is -3.60. The molecular weight excluding hydrogens is 509 g/mol. The minimum Gasteiger partial charge on any atom is -0.355 e. The molecule has 0 aliphatic rings. The molecule has 1 atom stereocenters. The standard InChI is InChI=1S/C25H33Cl2N3O4S/c1-5-22(25(32)28-6-2)29(17-19-10-13-20(26)14-11-19)24(31)8-7-15-30(35(4,33)34)23-16-21(27)12-9-18(23)3/h9-14,16,22H,5-8,15,17H2,1-4H3,(H,28,32). The van der Waals surface area contributed by atoms with Crippen molar-refractivity contribution < 1.29 is 18.0 Å². The Morgan fingerprint density at radius 2 is 1.66 bits per heavy atom. The second-order valence-corrected chi connectivity index (χ2v) is 11.1. The van der Waals surface area contributed by atoms with Gasteiger partial charge in [-0.25, -0.2) is 8.42 Å². The van der Waals surface area contributed by atoms with Crippen LogP contribution in [0.5, 0.6) is 0 Å². The van der Waals surface area contributed by atoms with Gasteiger partial charge >= 0.3 is 0 Å². The van der Waals surface area contributed by atoms with Crippen LogP contribution in [0, 0.1) is 6.92 Å². The fraction of sp³-hybridized carbons (Fsp3) is 0.440. The Kier molecular flexibility index (Phi) is 10.9. The van der Waals surface area contributed by atoms with Crippen LogP contribution in [0.25, 0.3) is 0 Å². The summed E-state index contributed by atoms with van der Waals surface area (Å²) in [4.78, 5) is 27.6. The Balaban J connectivity index is 2.23. The predicted molar refractivity (Wildman–Crippen MR) is 142 cm³/mol. The SMILES string of the molecule is CCNC(=O)C(CC)N(Cc1ccc(Cl)cc1)C(=O)CCCN(c1cc(Cl)ccc1C)S(C)(=O)=O. The number of halogens is 2. The Hall–Kier alpha value is -2.29. The van der Waals surface area contributed by atoms with Crippen LogP contribution >= 0.6 is 23.2 Å². The average molecular weight is 543 g/mol. The molecule has 1 N–H and O–H groups in total. The van der Waals surface area contributed by atoms with E-state index >= 15 is 0 Å². The number of anilines is 1. The molecule has 0 saturated carbocycles. The van der Waals surface area contributed by atoms with Crippen LogP contribution in [0.15, 0.2) is 42.5 Å². The molecule has 0 spiro atoms. The molecule has 192 valence electrons. The van der Waals surface area contributed by atoms with Gasteiger partial charge in [0.15, 0.2) is 0 Å². The second kappa shape index (κ2) is 13.1. The summed E-state index contributed by atoms with van der Waals surface area (Å²) in [5.74, 6) is -0.445. The highest BCUT2D eigenvalue weighted by Gasteiger charge is 2.28. The minimum absolute atomic E-state index is 0.0785. The smallest absolute Gasteiger partial charge is 0.242 e. The molecule has 0 heterocycles. The zero-order valence-corrected chi connectivity index (χ0v) is 22.9. The zero-order valence-electron chi connectivity index (χ0n) is 20.6. The van der Waals surface area contributed by atoms with Crippen molar-refractivity contribution in [1.82, 2.24) is 10.2 Å². The van der Waals surface area contributed by atoms with E-state index in [0.29, 0.717) is 28.7 Å². The van der Waals surface area contributed by atoms with Gasteiger partial charge in [-0.15, -0.1) is 0 Å². The highest BCUT2D eigenvalue weighted by Crippen LogP contribution is 2.27. The molecule has 0 bridgehead atoms. The molecule has 0 aliphatic carbocycles. The third kappa shape index (κ3) is 8.40. The Morgan fingerprint density at radius 1 is 1.03 bits per heavy atom. The lowest BCUT2D eigenvalue weighted by Crippen LogP contribution is -2.49. The Labute approximate surface area is 218 Å². The van der Waals surface area contributed by atoms with E-state index in [-0.39, 0.29) is 37.7 Å². The number of carbonyl (C=O) groups is 2. The maximum Gasteiger partial charge on any atom is 0.242 e. The molecule has 2 amide bonds. The van der Waals surface area contributed by atoms with Crippen LogP contribution in [0.2, 0.25) is 10.0 Å². The van der Waals surface area contributed by atoms with Gasteiger partial charge in [-0.05, 0) is 62.1 Å². The van der Waals surface area contributed by atoms with E-state index in [1.165, 1.54) is 4.31 Å². The quantitative estimate of drug-likeness (QED) is 0.418. The van der Waals surface area contributed by atoms with Crippen molar-refractivity contribution in [3.05, 3.63) is 63.6 Å². The summed E-state index contributed by atoms with van der Waals surface area (Å²) < 4.78 is 26.3. The Bertz CT molecular complexity index is 1120. The van der Waals surface area contributed by atoms with Gasteiger partial charge in [0, 0.05) is 36.1 Å². The van der Waals surface area contributed by atoms with E-state index in [4.69, 9.17) is 23.2 Å². The molecule has 0 aliphatic heterocycles. The lowest BCUT2D eigenvalue weighted by atomic mass is 10.1. The second-order valence-electron chi connectivity index (χ2n) is 8.34. The molecule has 0 fully saturated rings. The summed E-state index contributed by atoms with van der Waals surface area (Å²) in [5, 5.41) is 3.81. The van der Waals surface area contributed by atoms with Gasteiger partial charge in [0.2, 0.25) is 21.8 Å². The van der Waals surface area contributed by atoms with E-state index in [2.05, 4.69) is 5.32 Å². The van der Waals surface area contributed by atoms with Gasteiger partial charge < -0.3 is 10.2 Å². The summed E-state index contributed by atoms with van der Waals surface area (Å²) >= 11 is 12.1. The first-order valence-electron chi connectivity index (χ1n) is 11.5. The van der Waals surface area contributed by atoms with E-state index < -0.39 is 16.1 Å².